The maximum Gasteiger partial charge on any atom is 0.144 e. The molecular formula is C14H24N2O. The smallest absolute Gasteiger partial charge is 0.144 e. The van der Waals surface area contributed by atoms with Crippen LogP contribution < -0.4 is 15.8 Å². The zero-order valence-electron chi connectivity index (χ0n) is 11.3. The number of rotatable bonds is 5. The second-order valence-corrected chi connectivity index (χ2v) is 5.39. The molecule has 17 heavy (non-hydrogen) atoms. The van der Waals surface area contributed by atoms with E-state index < -0.39 is 0 Å². The third-order valence-corrected chi connectivity index (χ3v) is 2.56. The van der Waals surface area contributed by atoms with E-state index in [1.54, 1.807) is 0 Å². The van der Waals surface area contributed by atoms with Gasteiger partial charge in [0, 0.05) is 6.54 Å². The lowest BCUT2D eigenvalue weighted by Gasteiger charge is -2.19. The van der Waals surface area contributed by atoms with Crippen molar-refractivity contribution >= 4 is 11.4 Å². The molecular weight excluding hydrogens is 212 g/mol. The number of hydrogen-bond donors (Lipinski definition) is 2. The molecule has 0 spiro atoms. The lowest BCUT2D eigenvalue weighted by molar-refractivity contribution is 0.342. The van der Waals surface area contributed by atoms with E-state index in [9.17, 15) is 0 Å². The summed E-state index contributed by atoms with van der Waals surface area (Å²) in [6, 6.07) is 5.84. The van der Waals surface area contributed by atoms with Gasteiger partial charge in [-0.25, -0.2) is 0 Å². The first-order chi connectivity index (χ1) is 7.94. The molecule has 0 saturated carbocycles. The molecule has 0 aliphatic heterocycles. The highest BCUT2D eigenvalue weighted by Gasteiger charge is 2.10. The van der Waals surface area contributed by atoms with E-state index >= 15 is 0 Å². The summed E-state index contributed by atoms with van der Waals surface area (Å²) < 4.78 is 5.46. The molecule has 0 atom stereocenters. The topological polar surface area (TPSA) is 47.3 Å². The van der Waals surface area contributed by atoms with E-state index in [1.807, 2.05) is 25.1 Å². The molecule has 0 saturated heterocycles. The summed E-state index contributed by atoms with van der Waals surface area (Å²) >= 11 is 0. The van der Waals surface area contributed by atoms with Crippen molar-refractivity contribution < 1.29 is 4.74 Å². The van der Waals surface area contributed by atoms with Crippen LogP contribution in [0, 0.1) is 5.41 Å². The van der Waals surface area contributed by atoms with Crippen LogP contribution in [0.15, 0.2) is 18.2 Å². The zero-order valence-corrected chi connectivity index (χ0v) is 11.3. The Morgan fingerprint density at radius 1 is 1.29 bits per heavy atom. The fourth-order valence-electron chi connectivity index (χ4n) is 1.55. The molecule has 0 fully saturated rings. The lowest BCUT2D eigenvalue weighted by Crippen LogP contribution is -2.13. The number of benzene rings is 1. The molecule has 1 aromatic carbocycles. The molecule has 0 aromatic heterocycles. The second-order valence-electron chi connectivity index (χ2n) is 5.39. The number of ether oxygens (including phenoxy) is 1. The predicted molar refractivity (Wildman–Crippen MR) is 74.6 cm³/mol. The molecule has 1 aromatic rings. The number of nitrogen functional groups attached to an aromatic ring is 1. The zero-order chi connectivity index (χ0) is 12.9. The van der Waals surface area contributed by atoms with Gasteiger partial charge in [-0.3, -0.25) is 0 Å². The highest BCUT2D eigenvalue weighted by molar-refractivity contribution is 5.72. The summed E-state index contributed by atoms with van der Waals surface area (Å²) in [5.41, 5.74) is 8.02. The number of para-hydroxylation sites is 1. The summed E-state index contributed by atoms with van der Waals surface area (Å²) in [6.45, 7) is 10.2. The van der Waals surface area contributed by atoms with Gasteiger partial charge in [0.2, 0.25) is 0 Å². The van der Waals surface area contributed by atoms with Crippen molar-refractivity contribution in [2.24, 2.45) is 5.41 Å². The molecule has 3 nitrogen and oxygen atoms in total. The van der Waals surface area contributed by atoms with Crippen LogP contribution in [0.2, 0.25) is 0 Å². The monoisotopic (exact) mass is 236 g/mol. The Hall–Kier alpha value is -1.38. The van der Waals surface area contributed by atoms with Crippen LogP contribution in [0.3, 0.4) is 0 Å². The third-order valence-electron chi connectivity index (χ3n) is 2.56. The van der Waals surface area contributed by atoms with Crippen molar-refractivity contribution in [2.75, 3.05) is 24.2 Å². The van der Waals surface area contributed by atoms with E-state index in [1.165, 1.54) is 0 Å². The van der Waals surface area contributed by atoms with Crippen molar-refractivity contribution in [1.82, 2.24) is 0 Å². The summed E-state index contributed by atoms with van der Waals surface area (Å²) in [5, 5.41) is 3.36. The van der Waals surface area contributed by atoms with Crippen LogP contribution in [0.5, 0.6) is 5.75 Å². The molecule has 0 heterocycles. The van der Waals surface area contributed by atoms with Gasteiger partial charge in [-0.1, -0.05) is 26.8 Å². The Balaban J connectivity index is 2.62. The van der Waals surface area contributed by atoms with Gasteiger partial charge in [-0.15, -0.1) is 0 Å². The summed E-state index contributed by atoms with van der Waals surface area (Å²) in [6.07, 6.45) is 1.10. The SMILES string of the molecule is CCOc1cccc(NCCC(C)(C)C)c1N. The predicted octanol–water partition coefficient (Wildman–Crippen LogP) is 3.52. The van der Waals surface area contributed by atoms with Gasteiger partial charge >= 0.3 is 0 Å². The first kappa shape index (κ1) is 13.7. The van der Waals surface area contributed by atoms with E-state index in [0.29, 0.717) is 17.7 Å². The van der Waals surface area contributed by atoms with E-state index in [4.69, 9.17) is 10.5 Å². The van der Waals surface area contributed by atoms with Gasteiger partial charge < -0.3 is 15.8 Å². The van der Waals surface area contributed by atoms with Crippen molar-refractivity contribution in [3.63, 3.8) is 0 Å². The Kier molecular flexibility index (Phi) is 4.67. The van der Waals surface area contributed by atoms with Crippen molar-refractivity contribution in [1.29, 1.82) is 0 Å². The number of anilines is 2. The van der Waals surface area contributed by atoms with Gasteiger partial charge in [0.05, 0.1) is 18.0 Å². The Morgan fingerprint density at radius 3 is 2.59 bits per heavy atom. The number of hydrogen-bond acceptors (Lipinski definition) is 3. The van der Waals surface area contributed by atoms with Crippen LogP contribution in [-0.2, 0) is 0 Å². The van der Waals surface area contributed by atoms with Crippen LogP contribution in [0.25, 0.3) is 0 Å². The molecule has 0 radical (unpaired) electrons. The standard InChI is InChI=1S/C14H24N2O/c1-5-17-12-8-6-7-11(13(12)15)16-10-9-14(2,3)4/h6-8,16H,5,9-10,15H2,1-4H3. The Morgan fingerprint density at radius 2 is 2.00 bits per heavy atom. The van der Waals surface area contributed by atoms with Gasteiger partial charge in [0.25, 0.3) is 0 Å². The molecule has 3 N–H and O–H groups in total. The maximum atomic E-state index is 6.03. The molecule has 3 heteroatoms. The highest BCUT2D eigenvalue weighted by Crippen LogP contribution is 2.29. The minimum absolute atomic E-state index is 0.333. The summed E-state index contributed by atoms with van der Waals surface area (Å²) in [7, 11) is 0. The molecule has 0 aliphatic rings. The normalized spacial score (nSPS) is 11.3. The maximum absolute atomic E-state index is 6.03. The van der Waals surface area contributed by atoms with Crippen molar-refractivity contribution in [3.05, 3.63) is 18.2 Å². The van der Waals surface area contributed by atoms with E-state index in [0.717, 1.165) is 24.4 Å². The highest BCUT2D eigenvalue weighted by atomic mass is 16.5. The van der Waals surface area contributed by atoms with Crippen LogP contribution >= 0.6 is 0 Å². The summed E-state index contributed by atoms with van der Waals surface area (Å²) in [5.74, 6) is 0.758. The van der Waals surface area contributed by atoms with Crippen molar-refractivity contribution in [2.45, 2.75) is 34.1 Å². The molecule has 0 unspecified atom stereocenters. The Bertz CT molecular complexity index is 356. The van der Waals surface area contributed by atoms with Gasteiger partial charge in [0.15, 0.2) is 0 Å². The largest absolute Gasteiger partial charge is 0.492 e. The first-order valence-corrected chi connectivity index (χ1v) is 6.19. The molecule has 96 valence electrons. The van der Waals surface area contributed by atoms with Crippen molar-refractivity contribution in [3.8, 4) is 5.75 Å². The van der Waals surface area contributed by atoms with Crippen LogP contribution in [0.4, 0.5) is 11.4 Å². The fourth-order valence-corrected chi connectivity index (χ4v) is 1.55. The number of nitrogens with one attached hydrogen (secondary N) is 1. The molecule has 0 bridgehead atoms. The lowest BCUT2D eigenvalue weighted by atomic mass is 9.92. The van der Waals surface area contributed by atoms with Gasteiger partial charge in [-0.2, -0.15) is 0 Å². The van der Waals surface area contributed by atoms with E-state index in [-0.39, 0.29) is 0 Å². The fraction of sp³-hybridized carbons (Fsp3) is 0.571. The van der Waals surface area contributed by atoms with Gasteiger partial charge in [0.1, 0.15) is 5.75 Å². The third kappa shape index (κ3) is 4.55. The molecule has 0 aliphatic carbocycles. The van der Waals surface area contributed by atoms with E-state index in [2.05, 4.69) is 26.1 Å². The van der Waals surface area contributed by atoms with Crippen LogP contribution in [0.1, 0.15) is 34.1 Å². The second kappa shape index (κ2) is 5.80. The van der Waals surface area contributed by atoms with Crippen LogP contribution in [-0.4, -0.2) is 13.2 Å². The quantitative estimate of drug-likeness (QED) is 0.769. The minimum atomic E-state index is 0.333. The average molecular weight is 236 g/mol. The minimum Gasteiger partial charge on any atom is -0.492 e. The average Bonchev–Trinajstić information content (AvgIpc) is 2.22. The van der Waals surface area contributed by atoms with Gasteiger partial charge in [-0.05, 0) is 30.9 Å². The molecule has 1 rings (SSSR count). The summed E-state index contributed by atoms with van der Waals surface area (Å²) in [4.78, 5) is 0. The molecule has 0 amide bonds. The Labute approximate surface area is 104 Å². The first-order valence-electron chi connectivity index (χ1n) is 6.19. The number of nitrogens with two attached hydrogens (primary N) is 1.